The molecule has 1 heterocycles. The van der Waals surface area contributed by atoms with Crippen molar-refractivity contribution < 1.29 is 14.3 Å². The molecule has 7 heteroatoms. The number of aromatic nitrogens is 1. The van der Waals surface area contributed by atoms with E-state index in [0.29, 0.717) is 5.02 Å². The van der Waals surface area contributed by atoms with E-state index in [1.165, 1.54) is 10.7 Å². The Morgan fingerprint density at radius 1 is 1.10 bits per heavy atom. The first-order valence-corrected chi connectivity index (χ1v) is 11.6. The van der Waals surface area contributed by atoms with Crippen LogP contribution >= 0.6 is 11.6 Å². The number of hydrogen-bond acceptors (Lipinski definition) is 4. The maximum atomic E-state index is 12.6. The Bertz CT molecular complexity index is 1000. The summed E-state index contributed by atoms with van der Waals surface area (Å²) >= 11 is 6.27. The van der Waals surface area contributed by atoms with Gasteiger partial charge in [0.2, 0.25) is 0 Å². The van der Waals surface area contributed by atoms with Gasteiger partial charge in [-0.25, -0.2) is 0 Å². The van der Waals surface area contributed by atoms with Gasteiger partial charge in [-0.2, -0.15) is 0 Å². The Kier molecular flexibility index (Phi) is 8.03. The third-order valence-corrected chi connectivity index (χ3v) is 6.79. The first kappa shape index (κ1) is 22.0. The van der Waals surface area contributed by atoms with Gasteiger partial charge in [0.15, 0.2) is 0 Å². The molecule has 3 aromatic rings. The number of amides is 1. The number of hydrogen-bond donors (Lipinski definition) is 1. The number of benzene rings is 2. The van der Waals surface area contributed by atoms with Crippen LogP contribution in [0.4, 0.5) is 0 Å². The second-order valence-electron chi connectivity index (χ2n) is 6.36. The molecule has 1 atom stereocenters. The van der Waals surface area contributed by atoms with E-state index in [2.05, 4.69) is 22.4 Å². The first-order chi connectivity index (χ1) is 14.6. The SMILES string of the molecule is CCOC(=O)C(Cc1cc(Cl)ccc1[Se]c1ccccc1)NC(=O)c1ccccn1. The van der Waals surface area contributed by atoms with E-state index in [-0.39, 0.29) is 33.7 Å². The van der Waals surface area contributed by atoms with E-state index < -0.39 is 17.9 Å². The molecule has 0 radical (unpaired) electrons. The van der Waals surface area contributed by atoms with Crippen LogP contribution in [0.1, 0.15) is 23.0 Å². The molecule has 1 amide bonds. The molecule has 3 rings (SSSR count). The summed E-state index contributed by atoms with van der Waals surface area (Å²) < 4.78 is 7.50. The van der Waals surface area contributed by atoms with Crippen LogP contribution in [0.3, 0.4) is 0 Å². The number of nitrogens with one attached hydrogen (secondary N) is 1. The predicted octanol–water partition coefficient (Wildman–Crippen LogP) is 2.29. The molecule has 1 N–H and O–H groups in total. The van der Waals surface area contributed by atoms with Gasteiger partial charge in [0.25, 0.3) is 0 Å². The molecule has 0 spiro atoms. The first-order valence-electron chi connectivity index (χ1n) is 9.46. The van der Waals surface area contributed by atoms with Crippen molar-refractivity contribution in [3.63, 3.8) is 0 Å². The van der Waals surface area contributed by atoms with E-state index in [0.717, 1.165) is 10.0 Å². The fourth-order valence-electron chi connectivity index (χ4n) is 2.81. The number of rotatable bonds is 8. The zero-order valence-corrected chi connectivity index (χ0v) is 18.8. The molecular formula is C23H21ClN2O3Se. The van der Waals surface area contributed by atoms with Crippen LogP contribution in [0.25, 0.3) is 0 Å². The fourth-order valence-corrected chi connectivity index (χ4v) is 5.01. The molecule has 154 valence electrons. The summed E-state index contributed by atoms with van der Waals surface area (Å²) in [5, 5.41) is 3.34. The molecule has 2 aromatic carbocycles. The van der Waals surface area contributed by atoms with Crippen LogP contribution in [-0.4, -0.2) is 44.5 Å². The van der Waals surface area contributed by atoms with Crippen molar-refractivity contribution in [1.29, 1.82) is 0 Å². The Balaban J connectivity index is 1.85. The zero-order chi connectivity index (χ0) is 21.3. The van der Waals surface area contributed by atoms with Crippen molar-refractivity contribution in [1.82, 2.24) is 10.3 Å². The minimum atomic E-state index is -0.844. The maximum absolute atomic E-state index is 12.6. The number of carbonyl (C=O) groups is 2. The van der Waals surface area contributed by atoms with Crippen molar-refractivity contribution in [2.75, 3.05) is 6.61 Å². The van der Waals surface area contributed by atoms with Gasteiger partial charge in [0.1, 0.15) is 0 Å². The molecule has 0 aliphatic carbocycles. The summed E-state index contributed by atoms with van der Waals surface area (Å²) in [5.41, 5.74) is 1.15. The molecule has 0 fully saturated rings. The molecule has 1 unspecified atom stereocenters. The summed E-state index contributed by atoms with van der Waals surface area (Å²) in [4.78, 5) is 29.2. The summed E-state index contributed by atoms with van der Waals surface area (Å²) in [6.07, 6.45) is 1.81. The number of halogens is 1. The molecular weight excluding hydrogens is 467 g/mol. The average Bonchev–Trinajstić information content (AvgIpc) is 2.76. The van der Waals surface area contributed by atoms with Crippen LogP contribution in [0.2, 0.25) is 5.02 Å². The average molecular weight is 488 g/mol. The summed E-state index contributed by atoms with van der Waals surface area (Å²) in [6, 6.07) is 20.0. The van der Waals surface area contributed by atoms with Crippen LogP contribution in [0.5, 0.6) is 0 Å². The van der Waals surface area contributed by atoms with E-state index >= 15 is 0 Å². The second-order valence-corrected chi connectivity index (χ2v) is 9.14. The van der Waals surface area contributed by atoms with Crippen LogP contribution in [-0.2, 0) is 16.0 Å². The number of ether oxygens (including phenoxy) is 1. The summed E-state index contributed by atoms with van der Waals surface area (Å²) in [5.74, 6) is -0.911. The van der Waals surface area contributed by atoms with Gasteiger partial charge in [0, 0.05) is 0 Å². The molecule has 0 saturated carbocycles. The number of carbonyl (C=O) groups excluding carboxylic acids is 2. The van der Waals surface area contributed by atoms with Gasteiger partial charge >= 0.3 is 187 Å². The predicted molar refractivity (Wildman–Crippen MR) is 119 cm³/mol. The topological polar surface area (TPSA) is 68.3 Å². The molecule has 0 aliphatic heterocycles. The Hall–Kier alpha value is -2.66. The van der Waals surface area contributed by atoms with Crippen molar-refractivity contribution in [3.8, 4) is 0 Å². The number of nitrogens with zero attached hydrogens (tertiary/aromatic N) is 1. The van der Waals surface area contributed by atoms with Crippen LogP contribution in [0, 0.1) is 0 Å². The number of pyridine rings is 1. The van der Waals surface area contributed by atoms with Gasteiger partial charge in [-0.3, -0.25) is 0 Å². The van der Waals surface area contributed by atoms with E-state index in [1.807, 2.05) is 36.4 Å². The van der Waals surface area contributed by atoms with Crippen molar-refractivity contribution in [2.45, 2.75) is 19.4 Å². The van der Waals surface area contributed by atoms with Gasteiger partial charge in [-0.05, 0) is 0 Å². The third kappa shape index (κ3) is 6.17. The summed E-state index contributed by atoms with van der Waals surface area (Å²) in [7, 11) is 0. The van der Waals surface area contributed by atoms with Gasteiger partial charge in [-0.15, -0.1) is 0 Å². The van der Waals surface area contributed by atoms with Crippen LogP contribution in [0.15, 0.2) is 72.9 Å². The molecule has 1 aromatic heterocycles. The molecule has 5 nitrogen and oxygen atoms in total. The minimum absolute atomic E-state index is 0.0331. The molecule has 0 aliphatic rings. The van der Waals surface area contributed by atoms with Gasteiger partial charge in [-0.1, -0.05) is 0 Å². The standard InChI is InChI=1S/C23H21ClN2O3Se/c1-2-29-23(28)20(26-22(27)19-10-6-7-13-25-19)15-16-14-17(24)11-12-21(16)30-18-8-4-3-5-9-18/h3-14,20H,2,15H2,1H3,(H,26,27). The van der Waals surface area contributed by atoms with Gasteiger partial charge in [0.05, 0.1) is 0 Å². The summed E-state index contributed by atoms with van der Waals surface area (Å²) in [6.45, 7) is 1.96. The third-order valence-electron chi connectivity index (χ3n) is 4.19. The fraction of sp³-hybridized carbons (Fsp3) is 0.174. The Morgan fingerprint density at radius 3 is 2.57 bits per heavy atom. The van der Waals surface area contributed by atoms with E-state index in [9.17, 15) is 9.59 Å². The Morgan fingerprint density at radius 2 is 1.87 bits per heavy atom. The van der Waals surface area contributed by atoms with Crippen molar-refractivity contribution >= 4 is 47.4 Å². The quantitative estimate of drug-likeness (QED) is 0.391. The monoisotopic (exact) mass is 488 g/mol. The van der Waals surface area contributed by atoms with Crippen LogP contribution < -0.4 is 14.2 Å². The van der Waals surface area contributed by atoms with Crippen molar-refractivity contribution in [3.05, 3.63) is 89.2 Å². The van der Waals surface area contributed by atoms with E-state index in [4.69, 9.17) is 16.3 Å². The zero-order valence-electron chi connectivity index (χ0n) is 16.4. The normalized spacial score (nSPS) is 11.5. The second kappa shape index (κ2) is 10.9. The molecule has 0 saturated heterocycles. The van der Waals surface area contributed by atoms with Crippen molar-refractivity contribution in [2.24, 2.45) is 0 Å². The Labute approximate surface area is 187 Å². The van der Waals surface area contributed by atoms with E-state index in [1.54, 1.807) is 25.1 Å². The molecule has 0 bridgehead atoms. The van der Waals surface area contributed by atoms with Gasteiger partial charge < -0.3 is 0 Å². The number of esters is 1. The molecule has 30 heavy (non-hydrogen) atoms.